The Morgan fingerprint density at radius 1 is 1.37 bits per heavy atom. The van der Waals surface area contributed by atoms with Gasteiger partial charge in [0.15, 0.2) is 0 Å². The van der Waals surface area contributed by atoms with Crippen molar-refractivity contribution in [2.24, 2.45) is 0 Å². The van der Waals surface area contributed by atoms with Gasteiger partial charge in [-0.05, 0) is 51.2 Å². The second kappa shape index (κ2) is 6.34. The fourth-order valence-corrected chi connectivity index (χ4v) is 2.04. The minimum Gasteiger partial charge on any atom is -0.465 e. The Morgan fingerprint density at radius 3 is 2.84 bits per heavy atom. The first-order valence-corrected chi connectivity index (χ1v) is 6.48. The SMILES string of the molecule is C/C(=C\c1ccco1)CN(C)[C@@H](C)c1ccccn1. The molecule has 0 amide bonds. The molecule has 2 heterocycles. The molecular weight excluding hydrogens is 236 g/mol. The molecule has 0 unspecified atom stereocenters. The van der Waals surface area contributed by atoms with E-state index >= 15 is 0 Å². The summed E-state index contributed by atoms with van der Waals surface area (Å²) in [7, 11) is 2.11. The summed E-state index contributed by atoms with van der Waals surface area (Å²) in [4.78, 5) is 6.68. The van der Waals surface area contributed by atoms with Gasteiger partial charge < -0.3 is 4.42 Å². The van der Waals surface area contributed by atoms with E-state index in [9.17, 15) is 0 Å². The van der Waals surface area contributed by atoms with E-state index in [1.165, 1.54) is 5.57 Å². The Bertz CT molecular complexity index is 517. The van der Waals surface area contributed by atoms with Crippen LogP contribution in [0.1, 0.15) is 31.3 Å². The van der Waals surface area contributed by atoms with Gasteiger partial charge in [0.1, 0.15) is 5.76 Å². The Kier molecular flexibility index (Phi) is 4.53. The molecule has 1 atom stereocenters. The molecule has 3 heteroatoms. The van der Waals surface area contributed by atoms with E-state index in [1.807, 2.05) is 30.5 Å². The van der Waals surface area contributed by atoms with Crippen LogP contribution in [0.4, 0.5) is 0 Å². The first kappa shape index (κ1) is 13.6. The maximum absolute atomic E-state index is 5.32. The molecule has 0 bridgehead atoms. The van der Waals surface area contributed by atoms with Gasteiger partial charge in [0, 0.05) is 18.8 Å². The maximum Gasteiger partial charge on any atom is 0.126 e. The lowest BCUT2D eigenvalue weighted by Crippen LogP contribution is -2.24. The van der Waals surface area contributed by atoms with Crippen molar-refractivity contribution in [1.29, 1.82) is 0 Å². The van der Waals surface area contributed by atoms with Gasteiger partial charge in [-0.2, -0.15) is 0 Å². The van der Waals surface area contributed by atoms with Crippen LogP contribution in [0.3, 0.4) is 0 Å². The summed E-state index contributed by atoms with van der Waals surface area (Å²) in [5, 5.41) is 0. The molecule has 0 aliphatic rings. The molecule has 2 aromatic heterocycles. The van der Waals surface area contributed by atoms with Crippen LogP contribution in [0.25, 0.3) is 6.08 Å². The van der Waals surface area contributed by atoms with Crippen molar-refractivity contribution < 1.29 is 4.42 Å². The monoisotopic (exact) mass is 256 g/mol. The quantitative estimate of drug-likeness (QED) is 0.815. The van der Waals surface area contributed by atoms with Crippen molar-refractivity contribution in [2.75, 3.05) is 13.6 Å². The van der Waals surface area contributed by atoms with Crippen LogP contribution in [-0.2, 0) is 0 Å². The second-order valence-corrected chi connectivity index (χ2v) is 4.85. The molecule has 0 spiro atoms. The molecule has 0 fully saturated rings. The van der Waals surface area contributed by atoms with Gasteiger partial charge in [0.05, 0.1) is 12.0 Å². The molecule has 3 nitrogen and oxygen atoms in total. The number of likely N-dealkylation sites (N-methyl/N-ethyl adjacent to an activating group) is 1. The van der Waals surface area contributed by atoms with E-state index in [2.05, 4.69) is 42.9 Å². The van der Waals surface area contributed by atoms with Crippen molar-refractivity contribution >= 4 is 6.08 Å². The third-order valence-corrected chi connectivity index (χ3v) is 3.21. The smallest absolute Gasteiger partial charge is 0.126 e. The van der Waals surface area contributed by atoms with Gasteiger partial charge in [0.2, 0.25) is 0 Å². The summed E-state index contributed by atoms with van der Waals surface area (Å²) in [5.41, 5.74) is 2.36. The number of hydrogen-bond acceptors (Lipinski definition) is 3. The molecule has 100 valence electrons. The molecule has 0 saturated carbocycles. The van der Waals surface area contributed by atoms with Crippen LogP contribution in [0.15, 0.2) is 52.8 Å². The van der Waals surface area contributed by atoms with Gasteiger partial charge >= 0.3 is 0 Å². The Labute approximate surface area is 114 Å². The first-order chi connectivity index (χ1) is 9.16. The number of hydrogen-bond donors (Lipinski definition) is 0. The van der Waals surface area contributed by atoms with E-state index in [0.29, 0.717) is 6.04 Å². The molecule has 0 aromatic carbocycles. The van der Waals surface area contributed by atoms with Gasteiger partial charge in [-0.15, -0.1) is 0 Å². The van der Waals surface area contributed by atoms with Gasteiger partial charge in [0.25, 0.3) is 0 Å². The average molecular weight is 256 g/mol. The molecule has 0 radical (unpaired) electrons. The normalized spacial score (nSPS) is 13.8. The summed E-state index contributed by atoms with van der Waals surface area (Å²) in [6, 6.07) is 10.2. The highest BCUT2D eigenvalue weighted by atomic mass is 16.3. The van der Waals surface area contributed by atoms with Crippen LogP contribution >= 0.6 is 0 Å². The van der Waals surface area contributed by atoms with Crippen molar-refractivity contribution in [3.8, 4) is 0 Å². The topological polar surface area (TPSA) is 29.3 Å². The van der Waals surface area contributed by atoms with Crippen LogP contribution in [0, 0.1) is 0 Å². The minimum atomic E-state index is 0.293. The van der Waals surface area contributed by atoms with Crippen LogP contribution in [0.2, 0.25) is 0 Å². The predicted octanol–water partition coefficient (Wildman–Crippen LogP) is 3.77. The van der Waals surface area contributed by atoms with E-state index in [0.717, 1.165) is 18.0 Å². The van der Waals surface area contributed by atoms with Crippen molar-refractivity contribution in [3.05, 3.63) is 59.8 Å². The standard InChI is InChI=1S/C16H20N2O/c1-13(11-15-7-6-10-19-15)12-18(3)14(2)16-8-4-5-9-17-16/h4-11,14H,12H2,1-3H3/b13-11+/t14-/m0/s1. The fraction of sp³-hybridized carbons (Fsp3) is 0.312. The average Bonchev–Trinajstić information content (AvgIpc) is 2.91. The van der Waals surface area contributed by atoms with E-state index in [1.54, 1.807) is 6.26 Å². The lowest BCUT2D eigenvalue weighted by atomic mass is 10.1. The second-order valence-electron chi connectivity index (χ2n) is 4.85. The third kappa shape index (κ3) is 3.80. The predicted molar refractivity (Wildman–Crippen MR) is 77.6 cm³/mol. The molecule has 2 aromatic rings. The Hall–Kier alpha value is -1.87. The van der Waals surface area contributed by atoms with E-state index in [4.69, 9.17) is 4.42 Å². The number of pyridine rings is 1. The highest BCUT2D eigenvalue weighted by molar-refractivity contribution is 5.46. The zero-order valence-corrected chi connectivity index (χ0v) is 11.7. The molecule has 0 N–H and O–H groups in total. The molecule has 0 aliphatic carbocycles. The summed E-state index contributed by atoms with van der Waals surface area (Å²) in [5.74, 6) is 0.899. The highest BCUT2D eigenvalue weighted by Gasteiger charge is 2.12. The van der Waals surface area contributed by atoms with Crippen LogP contribution < -0.4 is 0 Å². The first-order valence-electron chi connectivity index (χ1n) is 6.48. The summed E-state index contributed by atoms with van der Waals surface area (Å²) < 4.78 is 5.32. The zero-order chi connectivity index (χ0) is 13.7. The third-order valence-electron chi connectivity index (χ3n) is 3.21. The molecule has 0 aliphatic heterocycles. The lowest BCUT2D eigenvalue weighted by Gasteiger charge is -2.24. The van der Waals surface area contributed by atoms with Gasteiger partial charge in [-0.1, -0.05) is 11.6 Å². The number of rotatable bonds is 5. The highest BCUT2D eigenvalue weighted by Crippen LogP contribution is 2.17. The molecule has 2 rings (SSSR count). The maximum atomic E-state index is 5.32. The number of aromatic nitrogens is 1. The Balaban J connectivity index is 1.99. The lowest BCUT2D eigenvalue weighted by molar-refractivity contribution is 0.279. The van der Waals surface area contributed by atoms with Crippen LogP contribution in [0.5, 0.6) is 0 Å². The molecule has 19 heavy (non-hydrogen) atoms. The minimum absolute atomic E-state index is 0.293. The van der Waals surface area contributed by atoms with Crippen molar-refractivity contribution in [2.45, 2.75) is 19.9 Å². The number of furan rings is 1. The van der Waals surface area contributed by atoms with Crippen molar-refractivity contribution in [1.82, 2.24) is 9.88 Å². The van der Waals surface area contributed by atoms with Crippen molar-refractivity contribution in [3.63, 3.8) is 0 Å². The van der Waals surface area contributed by atoms with E-state index < -0.39 is 0 Å². The molecular formula is C16H20N2O. The summed E-state index contributed by atoms with van der Waals surface area (Å²) in [6.45, 7) is 5.17. The fourth-order valence-electron chi connectivity index (χ4n) is 2.04. The number of nitrogens with zero attached hydrogens (tertiary/aromatic N) is 2. The van der Waals surface area contributed by atoms with Gasteiger partial charge in [-0.25, -0.2) is 0 Å². The summed E-state index contributed by atoms with van der Waals surface area (Å²) >= 11 is 0. The summed E-state index contributed by atoms with van der Waals surface area (Å²) in [6.07, 6.45) is 5.60. The van der Waals surface area contributed by atoms with E-state index in [-0.39, 0.29) is 0 Å². The van der Waals surface area contributed by atoms with Gasteiger partial charge in [-0.3, -0.25) is 9.88 Å². The molecule has 0 saturated heterocycles. The Morgan fingerprint density at radius 2 is 2.21 bits per heavy atom. The van der Waals surface area contributed by atoms with Crippen LogP contribution in [-0.4, -0.2) is 23.5 Å². The largest absolute Gasteiger partial charge is 0.465 e. The zero-order valence-electron chi connectivity index (χ0n) is 11.7.